The number of aromatic nitrogens is 1. The van der Waals surface area contributed by atoms with Crippen molar-refractivity contribution < 1.29 is 19.2 Å². The molecule has 1 aliphatic rings. The van der Waals surface area contributed by atoms with Gasteiger partial charge < -0.3 is 14.5 Å². The van der Waals surface area contributed by atoms with Gasteiger partial charge in [0.25, 0.3) is 5.91 Å². The minimum absolute atomic E-state index is 0.0155. The summed E-state index contributed by atoms with van der Waals surface area (Å²) in [6.45, 7) is 4.14. The first kappa shape index (κ1) is 18.8. The van der Waals surface area contributed by atoms with Crippen molar-refractivity contribution in [2.24, 2.45) is 5.92 Å². The third kappa shape index (κ3) is 4.04. The van der Waals surface area contributed by atoms with Crippen molar-refractivity contribution in [1.29, 1.82) is 0 Å². The molecule has 1 aromatic heterocycles. The highest BCUT2D eigenvalue weighted by atomic mass is 32.1. The highest BCUT2D eigenvalue weighted by Gasteiger charge is 2.30. The molecule has 0 saturated carbocycles. The van der Waals surface area contributed by atoms with Crippen LogP contribution in [0.2, 0.25) is 0 Å². The number of thiazole rings is 1. The number of carbonyl (C=O) groups is 2. The van der Waals surface area contributed by atoms with E-state index < -0.39 is 0 Å². The fourth-order valence-corrected chi connectivity index (χ4v) is 4.46. The molecule has 2 heterocycles. The number of esters is 1. The number of likely N-dealkylation sites (tertiary alicyclic amines) is 1. The molecule has 26 heavy (non-hydrogen) atoms. The Morgan fingerprint density at radius 2 is 2.04 bits per heavy atom. The van der Waals surface area contributed by atoms with Crippen LogP contribution in [0.15, 0.2) is 24.3 Å². The SMILES string of the molecule is COC(=O)C1CC[NH+](CC(=O)N(C)[C@H](C)c2nc3ccccc3s2)CC1. The number of para-hydroxylation sites is 1. The maximum Gasteiger partial charge on any atom is 0.309 e. The Hall–Kier alpha value is -1.99. The van der Waals surface area contributed by atoms with Crippen molar-refractivity contribution in [2.45, 2.75) is 25.8 Å². The molecule has 0 radical (unpaired) electrons. The Balaban J connectivity index is 1.56. The van der Waals surface area contributed by atoms with Crippen molar-refractivity contribution >= 4 is 33.4 Å². The maximum absolute atomic E-state index is 12.7. The summed E-state index contributed by atoms with van der Waals surface area (Å²) in [5.74, 6) is -0.0292. The standard InChI is InChI=1S/C19H25N3O3S/c1-13(18-20-15-6-4-5-7-16(15)26-18)21(2)17(23)12-22-10-8-14(9-11-22)19(24)25-3/h4-7,13-14H,8-12H2,1-3H3/p+1/t13-/m1/s1. The van der Waals surface area contributed by atoms with Gasteiger partial charge >= 0.3 is 5.97 Å². The number of hydrogen-bond acceptors (Lipinski definition) is 5. The first-order chi connectivity index (χ1) is 12.5. The fraction of sp³-hybridized carbons (Fsp3) is 0.526. The molecule has 0 spiro atoms. The number of benzene rings is 1. The normalized spacial score (nSPS) is 21.3. The Kier molecular flexibility index (Phi) is 5.88. The van der Waals surface area contributed by atoms with Crippen molar-refractivity contribution in [3.63, 3.8) is 0 Å². The molecule has 7 heteroatoms. The number of likely N-dealkylation sites (N-methyl/N-ethyl adjacent to an activating group) is 1. The zero-order valence-corrected chi connectivity index (χ0v) is 16.3. The van der Waals surface area contributed by atoms with Gasteiger partial charge in [0, 0.05) is 19.9 Å². The van der Waals surface area contributed by atoms with Crippen LogP contribution in [-0.4, -0.2) is 55.6 Å². The van der Waals surface area contributed by atoms with Gasteiger partial charge in [0.15, 0.2) is 6.54 Å². The second-order valence-electron chi connectivity index (χ2n) is 6.92. The average Bonchev–Trinajstić information content (AvgIpc) is 3.11. The topological polar surface area (TPSA) is 63.9 Å². The van der Waals surface area contributed by atoms with E-state index in [0.717, 1.165) is 41.2 Å². The summed E-state index contributed by atoms with van der Waals surface area (Å²) in [6.07, 6.45) is 1.57. The van der Waals surface area contributed by atoms with Crippen LogP contribution in [0.5, 0.6) is 0 Å². The molecule has 6 nitrogen and oxygen atoms in total. The van der Waals surface area contributed by atoms with Gasteiger partial charge in [-0.2, -0.15) is 0 Å². The monoisotopic (exact) mass is 376 g/mol. The third-order valence-corrected chi connectivity index (χ3v) is 6.48. The summed E-state index contributed by atoms with van der Waals surface area (Å²) in [7, 11) is 3.28. The van der Waals surface area contributed by atoms with Gasteiger partial charge in [-0.25, -0.2) is 4.98 Å². The minimum Gasteiger partial charge on any atom is -0.469 e. The summed E-state index contributed by atoms with van der Waals surface area (Å²) >= 11 is 1.64. The lowest BCUT2D eigenvalue weighted by Gasteiger charge is -2.30. The van der Waals surface area contributed by atoms with Crippen LogP contribution in [0.3, 0.4) is 0 Å². The molecule has 140 valence electrons. The first-order valence-electron chi connectivity index (χ1n) is 9.02. The number of quaternary nitrogens is 1. The largest absolute Gasteiger partial charge is 0.469 e. The van der Waals surface area contributed by atoms with E-state index in [4.69, 9.17) is 4.74 Å². The lowest BCUT2D eigenvalue weighted by atomic mass is 9.97. The van der Waals surface area contributed by atoms with Crippen LogP contribution in [0.25, 0.3) is 10.2 Å². The highest BCUT2D eigenvalue weighted by molar-refractivity contribution is 7.18. The summed E-state index contributed by atoms with van der Waals surface area (Å²) in [6, 6.07) is 7.99. The van der Waals surface area contributed by atoms with Crippen molar-refractivity contribution in [3.05, 3.63) is 29.3 Å². The van der Waals surface area contributed by atoms with Crippen LogP contribution in [0.4, 0.5) is 0 Å². The number of nitrogens with one attached hydrogen (secondary N) is 1. The predicted molar refractivity (Wildman–Crippen MR) is 101 cm³/mol. The molecule has 1 fully saturated rings. The Labute approximate surface area is 157 Å². The lowest BCUT2D eigenvalue weighted by molar-refractivity contribution is -0.898. The fourth-order valence-electron chi connectivity index (χ4n) is 3.39. The van der Waals surface area contributed by atoms with E-state index in [-0.39, 0.29) is 23.8 Å². The first-order valence-corrected chi connectivity index (χ1v) is 9.83. The van der Waals surface area contributed by atoms with Gasteiger partial charge in [-0.05, 0) is 19.1 Å². The number of fused-ring (bicyclic) bond motifs is 1. The van der Waals surface area contributed by atoms with Gasteiger partial charge in [0.2, 0.25) is 0 Å². The maximum atomic E-state index is 12.7. The van der Waals surface area contributed by atoms with E-state index in [1.165, 1.54) is 12.0 Å². The van der Waals surface area contributed by atoms with Crippen LogP contribution in [0, 0.1) is 5.92 Å². The molecular weight excluding hydrogens is 350 g/mol. The Morgan fingerprint density at radius 3 is 2.69 bits per heavy atom. The summed E-state index contributed by atoms with van der Waals surface area (Å²) in [4.78, 5) is 32.0. The van der Waals surface area contributed by atoms with Crippen molar-refractivity contribution in [3.8, 4) is 0 Å². The number of ether oxygens (including phenoxy) is 1. The van der Waals surface area contributed by atoms with Crippen molar-refractivity contribution in [1.82, 2.24) is 9.88 Å². The zero-order valence-electron chi connectivity index (χ0n) is 15.5. The number of methoxy groups -OCH3 is 1. The van der Waals surface area contributed by atoms with E-state index in [1.807, 2.05) is 32.2 Å². The smallest absolute Gasteiger partial charge is 0.309 e. The zero-order chi connectivity index (χ0) is 18.7. The molecule has 2 aromatic rings. The Bertz CT molecular complexity index is 750. The lowest BCUT2D eigenvalue weighted by Crippen LogP contribution is -3.14. The molecule has 0 unspecified atom stereocenters. The van der Waals surface area contributed by atoms with Crippen LogP contribution < -0.4 is 4.90 Å². The number of amides is 1. The van der Waals surface area contributed by atoms with Crippen molar-refractivity contribution in [2.75, 3.05) is 33.8 Å². The summed E-state index contributed by atoms with van der Waals surface area (Å²) < 4.78 is 5.96. The van der Waals surface area contributed by atoms with Gasteiger partial charge in [-0.1, -0.05) is 12.1 Å². The second-order valence-corrected chi connectivity index (χ2v) is 7.99. The number of piperidine rings is 1. The Morgan fingerprint density at radius 1 is 1.35 bits per heavy atom. The molecule has 1 saturated heterocycles. The third-order valence-electron chi connectivity index (χ3n) is 5.27. The number of nitrogens with zero attached hydrogens (tertiary/aromatic N) is 2. The molecule has 1 aliphatic heterocycles. The molecule has 1 amide bonds. The average molecular weight is 377 g/mol. The van der Waals surface area contributed by atoms with Gasteiger partial charge in [-0.3, -0.25) is 9.59 Å². The van der Waals surface area contributed by atoms with Crippen LogP contribution in [-0.2, 0) is 14.3 Å². The summed E-state index contributed by atoms with van der Waals surface area (Å²) in [5, 5.41) is 0.960. The van der Waals surface area contributed by atoms with E-state index in [0.29, 0.717) is 6.54 Å². The number of rotatable bonds is 5. The molecule has 1 N–H and O–H groups in total. The van der Waals surface area contributed by atoms with E-state index in [1.54, 1.807) is 16.2 Å². The second kappa shape index (κ2) is 8.14. The molecule has 0 bridgehead atoms. The van der Waals surface area contributed by atoms with Crippen LogP contribution in [0.1, 0.15) is 30.8 Å². The van der Waals surface area contributed by atoms with Gasteiger partial charge in [-0.15, -0.1) is 11.3 Å². The van der Waals surface area contributed by atoms with Gasteiger partial charge in [0.1, 0.15) is 5.01 Å². The van der Waals surface area contributed by atoms with Crippen LogP contribution >= 0.6 is 11.3 Å². The van der Waals surface area contributed by atoms with Gasteiger partial charge in [0.05, 0.1) is 42.4 Å². The molecule has 1 aromatic carbocycles. The highest BCUT2D eigenvalue weighted by Crippen LogP contribution is 2.28. The number of hydrogen-bond donors (Lipinski definition) is 1. The summed E-state index contributed by atoms with van der Waals surface area (Å²) in [5.41, 5.74) is 0.982. The molecular formula is C19H26N3O3S+. The minimum atomic E-state index is -0.128. The van der Waals surface area contributed by atoms with E-state index >= 15 is 0 Å². The van der Waals surface area contributed by atoms with E-state index in [9.17, 15) is 9.59 Å². The molecule has 1 atom stereocenters. The quantitative estimate of drug-likeness (QED) is 0.799. The molecule has 3 rings (SSSR count). The van der Waals surface area contributed by atoms with E-state index in [2.05, 4.69) is 11.1 Å². The number of carbonyl (C=O) groups excluding carboxylic acids is 2. The molecule has 0 aliphatic carbocycles. The predicted octanol–water partition coefficient (Wildman–Crippen LogP) is 1.28.